The smallest absolute Gasteiger partial charge is 0.197 e. The molecule has 1 aromatic carbocycles. The lowest BCUT2D eigenvalue weighted by Crippen LogP contribution is -2.21. The third kappa shape index (κ3) is 1.67. The second kappa shape index (κ2) is 3.24. The van der Waals surface area contributed by atoms with Crippen molar-refractivity contribution in [3.63, 3.8) is 0 Å². The average molecular weight is 196 g/mol. The molecule has 70 valence electrons. The Morgan fingerprint density at radius 3 is 3.08 bits per heavy atom. The van der Waals surface area contributed by atoms with E-state index in [1.807, 2.05) is 19.1 Å². The highest BCUT2D eigenvalue weighted by molar-refractivity contribution is 7.80. The number of hydrogen-bond acceptors (Lipinski definition) is 3. The number of hydrogen-bond donors (Lipinski definition) is 2. The molecule has 0 radical (unpaired) electrons. The normalized spacial score (nSPS) is 20.7. The van der Waals surface area contributed by atoms with Crippen molar-refractivity contribution >= 4 is 12.6 Å². The molecule has 0 aromatic heterocycles. The van der Waals surface area contributed by atoms with Crippen LogP contribution in [0.2, 0.25) is 0 Å². The molecule has 0 amide bonds. The summed E-state index contributed by atoms with van der Waals surface area (Å²) in [5.74, 6) is 0.800. The summed E-state index contributed by atoms with van der Waals surface area (Å²) in [6.07, 6.45) is 0.894. The van der Waals surface area contributed by atoms with E-state index >= 15 is 0 Å². The maximum atomic E-state index is 9.27. The molecule has 1 aliphatic rings. The molecule has 0 fully saturated rings. The number of rotatable bonds is 0. The van der Waals surface area contributed by atoms with Gasteiger partial charge in [-0.3, -0.25) is 0 Å². The molecule has 2 nitrogen and oxygen atoms in total. The molecule has 1 heterocycles. The second-order valence-electron chi connectivity index (χ2n) is 3.36. The number of benzene rings is 1. The topological polar surface area (TPSA) is 29.5 Å². The third-order valence-electron chi connectivity index (χ3n) is 2.30. The van der Waals surface area contributed by atoms with Crippen LogP contribution < -0.4 is 4.74 Å². The van der Waals surface area contributed by atoms with Crippen molar-refractivity contribution in [1.29, 1.82) is 0 Å². The van der Waals surface area contributed by atoms with Crippen molar-refractivity contribution in [3.05, 3.63) is 23.3 Å². The molecule has 1 atom stereocenters. The number of ether oxygens (including phenoxy) is 1. The van der Waals surface area contributed by atoms with Gasteiger partial charge in [-0.15, -0.1) is 12.6 Å². The zero-order valence-corrected chi connectivity index (χ0v) is 8.34. The van der Waals surface area contributed by atoms with Crippen LogP contribution >= 0.6 is 12.6 Å². The fourth-order valence-electron chi connectivity index (χ4n) is 1.50. The Morgan fingerprint density at radius 2 is 2.31 bits per heavy atom. The number of thiol groups is 1. The van der Waals surface area contributed by atoms with Crippen LogP contribution in [0.15, 0.2) is 17.0 Å². The molecule has 0 spiro atoms. The molecule has 1 aliphatic heterocycles. The molecule has 13 heavy (non-hydrogen) atoms. The van der Waals surface area contributed by atoms with E-state index in [1.165, 1.54) is 0 Å². The van der Waals surface area contributed by atoms with Crippen molar-refractivity contribution < 1.29 is 9.84 Å². The maximum Gasteiger partial charge on any atom is 0.197 e. The van der Waals surface area contributed by atoms with Gasteiger partial charge in [0.05, 0.1) is 0 Å². The van der Waals surface area contributed by atoms with Gasteiger partial charge < -0.3 is 9.84 Å². The Labute approximate surface area is 82.9 Å². The minimum absolute atomic E-state index is 0.641. The van der Waals surface area contributed by atoms with Crippen LogP contribution in [0, 0.1) is 6.92 Å². The van der Waals surface area contributed by atoms with Gasteiger partial charge in [0.25, 0.3) is 0 Å². The third-order valence-corrected chi connectivity index (χ3v) is 2.78. The summed E-state index contributed by atoms with van der Waals surface area (Å²) >= 11 is 4.34. The monoisotopic (exact) mass is 196 g/mol. The Bertz CT molecular complexity index is 336. The van der Waals surface area contributed by atoms with Crippen molar-refractivity contribution in [2.45, 2.75) is 31.0 Å². The predicted molar refractivity (Wildman–Crippen MR) is 53.4 cm³/mol. The van der Waals surface area contributed by atoms with E-state index in [4.69, 9.17) is 4.74 Å². The van der Waals surface area contributed by atoms with Gasteiger partial charge in [-0.25, -0.2) is 0 Å². The molecule has 0 aliphatic carbocycles. The minimum atomic E-state index is -0.641. The van der Waals surface area contributed by atoms with Crippen LogP contribution in [0.3, 0.4) is 0 Å². The van der Waals surface area contributed by atoms with Gasteiger partial charge in [-0.1, -0.05) is 0 Å². The first-order chi connectivity index (χ1) is 6.16. The zero-order valence-electron chi connectivity index (χ0n) is 7.45. The first-order valence-corrected chi connectivity index (χ1v) is 4.79. The van der Waals surface area contributed by atoms with E-state index in [0.29, 0.717) is 6.42 Å². The quantitative estimate of drug-likeness (QED) is 0.621. The molecule has 3 heteroatoms. The number of aryl methyl sites for hydroxylation is 2. The average Bonchev–Trinajstić information content (AvgIpc) is 2.08. The highest BCUT2D eigenvalue weighted by atomic mass is 32.1. The summed E-state index contributed by atoms with van der Waals surface area (Å²) in [5, 5.41) is 9.27. The molecule has 0 saturated heterocycles. The van der Waals surface area contributed by atoms with E-state index in [9.17, 15) is 5.11 Å². The molecular formula is C10H12O2S. The molecule has 2 rings (SSSR count). The molecule has 0 saturated carbocycles. The van der Waals surface area contributed by atoms with Gasteiger partial charge >= 0.3 is 0 Å². The van der Waals surface area contributed by atoms with Crippen LogP contribution in [0.1, 0.15) is 17.5 Å². The van der Waals surface area contributed by atoms with Crippen molar-refractivity contribution in [2.75, 3.05) is 0 Å². The molecule has 1 N–H and O–H groups in total. The van der Waals surface area contributed by atoms with Crippen LogP contribution in [-0.4, -0.2) is 11.4 Å². The Kier molecular flexibility index (Phi) is 2.22. The van der Waals surface area contributed by atoms with Gasteiger partial charge in [-0.05, 0) is 36.6 Å². The van der Waals surface area contributed by atoms with E-state index < -0.39 is 6.29 Å². The summed E-state index contributed by atoms with van der Waals surface area (Å²) in [6, 6.07) is 3.94. The fraction of sp³-hybridized carbons (Fsp3) is 0.400. The first kappa shape index (κ1) is 8.91. The van der Waals surface area contributed by atoms with Crippen molar-refractivity contribution in [3.8, 4) is 5.75 Å². The fourth-order valence-corrected chi connectivity index (χ4v) is 1.72. The summed E-state index contributed by atoms with van der Waals surface area (Å²) in [4.78, 5) is 0.985. The predicted octanol–water partition coefficient (Wildman–Crippen LogP) is 1.93. The van der Waals surface area contributed by atoms with Gasteiger partial charge in [-0.2, -0.15) is 0 Å². The lowest BCUT2D eigenvalue weighted by molar-refractivity contribution is -0.0317. The van der Waals surface area contributed by atoms with Crippen LogP contribution in [0.5, 0.6) is 5.75 Å². The van der Waals surface area contributed by atoms with Crippen LogP contribution in [-0.2, 0) is 6.42 Å². The summed E-state index contributed by atoms with van der Waals surface area (Å²) in [5.41, 5.74) is 2.22. The van der Waals surface area contributed by atoms with E-state index in [2.05, 4.69) is 12.6 Å². The lowest BCUT2D eigenvalue weighted by Gasteiger charge is -2.22. The SMILES string of the molecule is Cc1cc2c(cc1S)CCC(O)O2. The van der Waals surface area contributed by atoms with Gasteiger partial charge in [0.15, 0.2) is 6.29 Å². The summed E-state index contributed by atoms with van der Waals surface area (Å²) in [6.45, 7) is 1.98. The first-order valence-electron chi connectivity index (χ1n) is 4.34. The number of aliphatic hydroxyl groups excluding tert-OH is 1. The van der Waals surface area contributed by atoms with Crippen LogP contribution in [0.25, 0.3) is 0 Å². The van der Waals surface area contributed by atoms with E-state index in [1.54, 1.807) is 0 Å². The molecule has 1 aromatic rings. The van der Waals surface area contributed by atoms with E-state index in [0.717, 1.165) is 28.2 Å². The number of aliphatic hydroxyl groups is 1. The standard InChI is InChI=1S/C10H12O2S/c1-6-4-8-7(5-9(6)13)2-3-10(11)12-8/h4-5,10-11,13H,2-3H2,1H3. The van der Waals surface area contributed by atoms with Crippen LogP contribution in [0.4, 0.5) is 0 Å². The largest absolute Gasteiger partial charge is 0.465 e. The molecule has 0 bridgehead atoms. The van der Waals surface area contributed by atoms with Crippen molar-refractivity contribution in [1.82, 2.24) is 0 Å². The Balaban J connectivity index is 2.43. The minimum Gasteiger partial charge on any atom is -0.465 e. The highest BCUT2D eigenvalue weighted by Gasteiger charge is 2.17. The van der Waals surface area contributed by atoms with E-state index in [-0.39, 0.29) is 0 Å². The van der Waals surface area contributed by atoms with Gasteiger partial charge in [0, 0.05) is 11.3 Å². The Morgan fingerprint density at radius 1 is 1.54 bits per heavy atom. The summed E-state index contributed by atoms with van der Waals surface area (Å²) < 4.78 is 5.29. The molecule has 1 unspecified atom stereocenters. The Hall–Kier alpha value is -0.670. The summed E-state index contributed by atoms with van der Waals surface area (Å²) in [7, 11) is 0. The molecular weight excluding hydrogens is 184 g/mol. The van der Waals surface area contributed by atoms with Crippen molar-refractivity contribution in [2.24, 2.45) is 0 Å². The zero-order chi connectivity index (χ0) is 9.42. The number of fused-ring (bicyclic) bond motifs is 1. The maximum absolute atomic E-state index is 9.27. The lowest BCUT2D eigenvalue weighted by atomic mass is 10.0. The van der Waals surface area contributed by atoms with Gasteiger partial charge in [0.2, 0.25) is 0 Å². The second-order valence-corrected chi connectivity index (χ2v) is 3.84. The highest BCUT2D eigenvalue weighted by Crippen LogP contribution is 2.30. The van der Waals surface area contributed by atoms with Gasteiger partial charge in [0.1, 0.15) is 5.75 Å².